The van der Waals surface area contributed by atoms with E-state index in [-0.39, 0.29) is 12.1 Å². The molecule has 0 saturated carbocycles. The van der Waals surface area contributed by atoms with E-state index in [1.165, 1.54) is 4.68 Å². The van der Waals surface area contributed by atoms with E-state index in [1.807, 2.05) is 25.1 Å². The maximum absolute atomic E-state index is 12.0. The molecule has 0 amide bonds. The summed E-state index contributed by atoms with van der Waals surface area (Å²) in [7, 11) is 0. The van der Waals surface area contributed by atoms with Crippen molar-refractivity contribution in [1.29, 1.82) is 0 Å². The summed E-state index contributed by atoms with van der Waals surface area (Å²) in [5.41, 5.74) is 2.03. The molecule has 7 heteroatoms. The minimum atomic E-state index is -0.637. The van der Waals surface area contributed by atoms with Gasteiger partial charge in [0.2, 0.25) is 0 Å². The van der Waals surface area contributed by atoms with Crippen LogP contribution in [0.1, 0.15) is 30.8 Å². The molecule has 3 rings (SSSR count). The molecule has 0 aliphatic heterocycles. The van der Waals surface area contributed by atoms with E-state index in [9.17, 15) is 9.90 Å². The van der Waals surface area contributed by atoms with Crippen LogP contribution < -0.4 is 5.56 Å². The highest BCUT2D eigenvalue weighted by molar-refractivity contribution is 5.73. The molecule has 0 saturated heterocycles. The second-order valence-electron chi connectivity index (χ2n) is 4.79. The van der Waals surface area contributed by atoms with Gasteiger partial charge in [0.25, 0.3) is 5.56 Å². The van der Waals surface area contributed by atoms with Gasteiger partial charge in [-0.3, -0.25) is 4.79 Å². The molecule has 0 spiro atoms. The summed E-state index contributed by atoms with van der Waals surface area (Å²) in [6.45, 7) is 2.07. The van der Waals surface area contributed by atoms with Gasteiger partial charge in [-0.25, -0.2) is 9.67 Å². The Morgan fingerprint density at radius 3 is 3.00 bits per heavy atom. The normalized spacial score (nSPS) is 12.7. The number of H-pyrrole nitrogens is 1. The first-order chi connectivity index (χ1) is 10.2. The lowest BCUT2D eigenvalue weighted by Crippen LogP contribution is -2.18. The Balaban J connectivity index is 1.92. The molecule has 0 radical (unpaired) electrons. The highest BCUT2D eigenvalue weighted by Crippen LogP contribution is 2.12. The molecular formula is C14H15N5O2. The Kier molecular flexibility index (Phi) is 3.49. The molecule has 1 unspecified atom stereocenters. The zero-order valence-electron chi connectivity index (χ0n) is 11.5. The minimum absolute atomic E-state index is 0.212. The van der Waals surface area contributed by atoms with Crippen LogP contribution >= 0.6 is 0 Å². The largest absolute Gasteiger partial charge is 0.387 e. The highest BCUT2D eigenvalue weighted by atomic mass is 16.3. The first kappa shape index (κ1) is 13.4. The Labute approximate surface area is 120 Å². The van der Waals surface area contributed by atoms with E-state index in [0.29, 0.717) is 23.3 Å². The van der Waals surface area contributed by atoms with Crippen molar-refractivity contribution < 1.29 is 5.11 Å². The van der Waals surface area contributed by atoms with Crippen LogP contribution in [0, 0.1) is 0 Å². The predicted octanol–water partition coefficient (Wildman–Crippen LogP) is 1.01. The molecule has 7 nitrogen and oxygen atoms in total. The topological polar surface area (TPSA) is 96.7 Å². The third-order valence-corrected chi connectivity index (χ3v) is 3.27. The number of hydrogen-bond acceptors (Lipinski definition) is 5. The second kappa shape index (κ2) is 5.45. The van der Waals surface area contributed by atoms with E-state index in [4.69, 9.17) is 0 Å². The lowest BCUT2D eigenvalue weighted by molar-refractivity contribution is 0.168. The zero-order chi connectivity index (χ0) is 14.8. The van der Waals surface area contributed by atoms with Gasteiger partial charge < -0.3 is 10.1 Å². The van der Waals surface area contributed by atoms with Gasteiger partial charge in [-0.1, -0.05) is 24.3 Å². The number of aromatic amines is 1. The van der Waals surface area contributed by atoms with Crippen LogP contribution in [0.25, 0.3) is 11.0 Å². The summed E-state index contributed by atoms with van der Waals surface area (Å²) in [5, 5.41) is 17.5. The molecule has 108 valence electrons. The lowest BCUT2D eigenvalue weighted by Gasteiger charge is -2.02. The van der Waals surface area contributed by atoms with Crippen LogP contribution in [0.5, 0.6) is 0 Å². The zero-order valence-corrected chi connectivity index (χ0v) is 11.5. The third kappa shape index (κ3) is 2.68. The first-order valence-corrected chi connectivity index (χ1v) is 6.73. The molecule has 2 aromatic heterocycles. The van der Waals surface area contributed by atoms with Gasteiger partial charge >= 0.3 is 0 Å². The molecule has 0 fully saturated rings. The molecule has 3 aromatic rings. The second-order valence-corrected chi connectivity index (χ2v) is 4.79. The van der Waals surface area contributed by atoms with Crippen molar-refractivity contribution in [3.63, 3.8) is 0 Å². The van der Waals surface area contributed by atoms with E-state index in [2.05, 4.69) is 20.3 Å². The van der Waals surface area contributed by atoms with Gasteiger partial charge in [0.05, 0.1) is 29.9 Å². The Morgan fingerprint density at radius 1 is 1.38 bits per heavy atom. The Bertz CT molecular complexity index is 823. The van der Waals surface area contributed by atoms with Gasteiger partial charge in [0, 0.05) is 0 Å². The number of aliphatic hydroxyl groups excluding tert-OH is 1. The van der Waals surface area contributed by atoms with Crippen LogP contribution in [0.4, 0.5) is 0 Å². The van der Waals surface area contributed by atoms with Crippen LogP contribution in [-0.4, -0.2) is 30.1 Å². The van der Waals surface area contributed by atoms with Crippen molar-refractivity contribution in [2.45, 2.75) is 26.0 Å². The van der Waals surface area contributed by atoms with Gasteiger partial charge in [-0.15, -0.1) is 5.10 Å². The van der Waals surface area contributed by atoms with Crippen LogP contribution in [-0.2, 0) is 6.54 Å². The number of nitrogens with zero attached hydrogens (tertiary/aromatic N) is 4. The molecule has 2 heterocycles. The van der Waals surface area contributed by atoms with Crippen molar-refractivity contribution in [3.8, 4) is 0 Å². The monoisotopic (exact) mass is 285 g/mol. The Morgan fingerprint density at radius 2 is 2.19 bits per heavy atom. The van der Waals surface area contributed by atoms with Crippen molar-refractivity contribution in [2.24, 2.45) is 0 Å². The number of aromatic nitrogens is 5. The summed E-state index contributed by atoms with van der Waals surface area (Å²) in [4.78, 5) is 19.1. The number of hydrogen-bond donors (Lipinski definition) is 2. The molecule has 1 atom stereocenters. The number of nitrogens with one attached hydrogen (secondary N) is 1. The minimum Gasteiger partial charge on any atom is -0.387 e. The number of aliphatic hydroxyl groups is 1. The van der Waals surface area contributed by atoms with Gasteiger partial charge in [0.15, 0.2) is 0 Å². The van der Waals surface area contributed by atoms with Gasteiger partial charge in [-0.05, 0) is 18.6 Å². The first-order valence-electron chi connectivity index (χ1n) is 6.73. The SMILES string of the molecule is CCC(O)c1cn(Cc2nc3ccccc3[nH]c2=O)nn1. The quantitative estimate of drug-likeness (QED) is 0.745. The van der Waals surface area contributed by atoms with Crippen molar-refractivity contribution in [2.75, 3.05) is 0 Å². The maximum Gasteiger partial charge on any atom is 0.272 e. The fraction of sp³-hybridized carbons (Fsp3) is 0.286. The summed E-state index contributed by atoms with van der Waals surface area (Å²) < 4.78 is 1.50. The summed E-state index contributed by atoms with van der Waals surface area (Å²) in [6.07, 6.45) is 1.56. The fourth-order valence-corrected chi connectivity index (χ4v) is 2.08. The molecule has 21 heavy (non-hydrogen) atoms. The number of rotatable bonds is 4. The molecule has 0 aliphatic carbocycles. The van der Waals surface area contributed by atoms with Gasteiger partial charge in [0.1, 0.15) is 11.4 Å². The van der Waals surface area contributed by atoms with Crippen LogP contribution in [0.3, 0.4) is 0 Å². The molecular weight excluding hydrogens is 270 g/mol. The summed E-state index contributed by atoms with van der Waals surface area (Å²) in [5.74, 6) is 0. The maximum atomic E-state index is 12.0. The molecule has 0 bridgehead atoms. The molecule has 1 aromatic carbocycles. The standard InChI is InChI=1S/C14H15N5O2/c1-2-13(20)11-7-19(18-17-11)8-12-14(21)16-10-6-4-3-5-9(10)15-12/h3-7,13,20H,2,8H2,1H3,(H,16,21). The smallest absolute Gasteiger partial charge is 0.272 e. The fourth-order valence-electron chi connectivity index (χ4n) is 2.08. The van der Waals surface area contributed by atoms with E-state index < -0.39 is 6.10 Å². The Hall–Kier alpha value is -2.54. The molecule has 0 aliphatic rings. The average molecular weight is 285 g/mol. The van der Waals surface area contributed by atoms with Gasteiger partial charge in [-0.2, -0.15) is 0 Å². The number of para-hydroxylation sites is 2. The van der Waals surface area contributed by atoms with E-state index in [1.54, 1.807) is 12.3 Å². The highest BCUT2D eigenvalue weighted by Gasteiger charge is 2.11. The van der Waals surface area contributed by atoms with Crippen molar-refractivity contribution in [1.82, 2.24) is 25.0 Å². The molecule has 2 N–H and O–H groups in total. The summed E-state index contributed by atoms with van der Waals surface area (Å²) >= 11 is 0. The predicted molar refractivity (Wildman–Crippen MR) is 76.7 cm³/mol. The van der Waals surface area contributed by atoms with Crippen LogP contribution in [0.15, 0.2) is 35.3 Å². The third-order valence-electron chi connectivity index (χ3n) is 3.27. The summed E-state index contributed by atoms with van der Waals surface area (Å²) in [6, 6.07) is 7.35. The number of benzene rings is 1. The van der Waals surface area contributed by atoms with E-state index in [0.717, 1.165) is 5.52 Å². The average Bonchev–Trinajstić information content (AvgIpc) is 2.96. The van der Waals surface area contributed by atoms with Crippen LogP contribution in [0.2, 0.25) is 0 Å². The lowest BCUT2D eigenvalue weighted by atomic mass is 10.2. The number of fused-ring (bicyclic) bond motifs is 1. The van der Waals surface area contributed by atoms with Crippen molar-refractivity contribution >= 4 is 11.0 Å². The van der Waals surface area contributed by atoms with Crippen molar-refractivity contribution in [3.05, 3.63) is 52.2 Å². The van der Waals surface area contributed by atoms with E-state index >= 15 is 0 Å².